The zero-order chi connectivity index (χ0) is 26.6. The molecule has 2 aliphatic heterocycles. The second-order valence-corrected chi connectivity index (χ2v) is 10.2. The lowest BCUT2D eigenvalue weighted by atomic mass is 9.88. The number of imide groups is 1. The Bertz CT molecular complexity index is 1220. The highest BCUT2D eigenvalue weighted by Crippen LogP contribution is 2.29. The van der Waals surface area contributed by atoms with Crippen LogP contribution in [-0.2, 0) is 22.7 Å². The Kier molecular flexibility index (Phi) is 7.59. The van der Waals surface area contributed by atoms with E-state index in [1.807, 2.05) is 18.2 Å². The average molecular weight is 521 g/mol. The minimum absolute atomic E-state index is 0.152. The van der Waals surface area contributed by atoms with Crippen molar-refractivity contribution in [2.45, 2.75) is 63.8 Å². The van der Waals surface area contributed by atoms with Gasteiger partial charge in [0, 0.05) is 37.4 Å². The number of nitrogens with zero attached hydrogens (tertiary/aromatic N) is 1. The highest BCUT2D eigenvalue weighted by Gasteiger charge is 2.39. The average Bonchev–Trinajstić information content (AvgIpc) is 3.24. The van der Waals surface area contributed by atoms with Crippen molar-refractivity contribution >= 4 is 29.4 Å². The van der Waals surface area contributed by atoms with E-state index in [2.05, 4.69) is 16.0 Å². The summed E-state index contributed by atoms with van der Waals surface area (Å²) in [4.78, 5) is 50.4. The molecule has 2 aromatic carbocycles. The summed E-state index contributed by atoms with van der Waals surface area (Å²) >= 11 is 0. The lowest BCUT2D eigenvalue weighted by Gasteiger charge is -2.29. The van der Waals surface area contributed by atoms with Gasteiger partial charge in [0.2, 0.25) is 11.8 Å². The predicted molar refractivity (Wildman–Crippen MR) is 138 cm³/mol. The molecule has 0 bridgehead atoms. The lowest BCUT2D eigenvalue weighted by Crippen LogP contribution is -2.52. The molecule has 2 heterocycles. The van der Waals surface area contributed by atoms with Crippen LogP contribution in [0.4, 0.5) is 10.5 Å². The molecule has 3 aliphatic rings. The second kappa shape index (κ2) is 11.2. The Morgan fingerprint density at radius 2 is 1.79 bits per heavy atom. The van der Waals surface area contributed by atoms with Crippen molar-refractivity contribution in [3.63, 3.8) is 0 Å². The molecule has 0 unspecified atom stereocenters. The van der Waals surface area contributed by atoms with Gasteiger partial charge in [-0.05, 0) is 79.5 Å². The number of fused-ring (bicyclic) bond motifs is 1. The minimum Gasteiger partial charge on any atom is -0.490 e. The number of ether oxygens (including phenoxy) is 1. The van der Waals surface area contributed by atoms with Gasteiger partial charge in [-0.2, -0.15) is 0 Å². The fourth-order valence-corrected chi connectivity index (χ4v) is 5.34. The van der Waals surface area contributed by atoms with E-state index in [-0.39, 0.29) is 50.1 Å². The number of urea groups is 1. The molecule has 1 aliphatic carbocycles. The van der Waals surface area contributed by atoms with Crippen LogP contribution < -0.4 is 20.7 Å². The number of amides is 5. The Morgan fingerprint density at radius 1 is 1.03 bits per heavy atom. The number of hydrogen-bond acceptors (Lipinski definition) is 6. The number of piperidine rings is 1. The first-order valence-corrected chi connectivity index (χ1v) is 13.1. The van der Waals surface area contributed by atoms with Crippen molar-refractivity contribution < 1.29 is 29.0 Å². The number of aliphatic hydroxyl groups is 1. The Hall–Kier alpha value is -3.92. The Labute approximate surface area is 220 Å². The maximum atomic E-state index is 12.8. The van der Waals surface area contributed by atoms with Gasteiger partial charge in [0.05, 0.1) is 6.10 Å². The van der Waals surface area contributed by atoms with Crippen LogP contribution >= 0.6 is 0 Å². The Balaban J connectivity index is 1.10. The summed E-state index contributed by atoms with van der Waals surface area (Å²) in [6.07, 6.45) is 4.48. The van der Waals surface area contributed by atoms with Crippen LogP contribution in [0.5, 0.6) is 5.75 Å². The third-order valence-corrected chi connectivity index (χ3v) is 7.51. The SMILES string of the molecule is O=C1CC[C@@H](N2Cc3cc(CNC(=O)Nc4ccc(OC5CCC(CO)CC5)cc4)ccc3C2=O)C(=O)N1. The first-order chi connectivity index (χ1) is 18.4. The molecule has 4 N–H and O–H groups in total. The number of nitrogens with one attached hydrogen (secondary N) is 3. The molecule has 1 atom stereocenters. The van der Waals surface area contributed by atoms with Gasteiger partial charge >= 0.3 is 6.03 Å². The molecule has 200 valence electrons. The molecule has 10 nitrogen and oxygen atoms in total. The van der Waals surface area contributed by atoms with Crippen molar-refractivity contribution in [1.29, 1.82) is 0 Å². The van der Waals surface area contributed by atoms with Gasteiger partial charge in [0.15, 0.2) is 0 Å². The van der Waals surface area contributed by atoms with E-state index in [4.69, 9.17) is 4.74 Å². The van der Waals surface area contributed by atoms with Gasteiger partial charge in [-0.3, -0.25) is 19.7 Å². The number of carbonyl (C=O) groups is 4. The van der Waals surface area contributed by atoms with E-state index in [9.17, 15) is 24.3 Å². The highest BCUT2D eigenvalue weighted by atomic mass is 16.5. The normalized spacial score (nSPS) is 23.0. The third kappa shape index (κ3) is 5.80. The number of benzene rings is 2. The zero-order valence-electron chi connectivity index (χ0n) is 21.1. The van der Waals surface area contributed by atoms with Crippen molar-refractivity contribution in [2.75, 3.05) is 11.9 Å². The quantitative estimate of drug-likeness (QED) is 0.415. The second-order valence-electron chi connectivity index (χ2n) is 10.2. The number of rotatable bonds is 7. The zero-order valence-corrected chi connectivity index (χ0v) is 21.1. The molecule has 1 saturated carbocycles. The maximum Gasteiger partial charge on any atom is 0.319 e. The number of hydrogen-bond donors (Lipinski definition) is 4. The fourth-order valence-electron chi connectivity index (χ4n) is 5.34. The summed E-state index contributed by atoms with van der Waals surface area (Å²) in [5.74, 6) is 0.153. The monoisotopic (exact) mass is 520 g/mol. The van der Waals surface area contributed by atoms with Crippen molar-refractivity contribution in [3.05, 3.63) is 59.2 Å². The van der Waals surface area contributed by atoms with E-state index >= 15 is 0 Å². The summed E-state index contributed by atoms with van der Waals surface area (Å²) < 4.78 is 6.04. The first kappa shape index (κ1) is 25.7. The first-order valence-electron chi connectivity index (χ1n) is 13.1. The van der Waals surface area contributed by atoms with Crippen LogP contribution in [0.1, 0.15) is 60.0 Å². The van der Waals surface area contributed by atoms with Crippen LogP contribution in [0.25, 0.3) is 0 Å². The van der Waals surface area contributed by atoms with E-state index in [0.717, 1.165) is 42.6 Å². The van der Waals surface area contributed by atoms with Crippen molar-refractivity contribution in [1.82, 2.24) is 15.5 Å². The molecule has 5 rings (SSSR count). The van der Waals surface area contributed by atoms with Crippen LogP contribution in [0.2, 0.25) is 0 Å². The predicted octanol–water partition coefficient (Wildman–Crippen LogP) is 2.70. The van der Waals surface area contributed by atoms with Crippen LogP contribution in [-0.4, -0.2) is 52.5 Å². The van der Waals surface area contributed by atoms with Gasteiger partial charge in [-0.25, -0.2) is 4.79 Å². The van der Waals surface area contributed by atoms with Crippen LogP contribution in [0, 0.1) is 5.92 Å². The van der Waals surface area contributed by atoms with E-state index in [1.165, 1.54) is 4.90 Å². The number of anilines is 1. The molecule has 2 aromatic rings. The van der Waals surface area contributed by atoms with Crippen molar-refractivity contribution in [2.24, 2.45) is 5.92 Å². The standard InChI is InChI=1S/C28H32N4O6/c33-16-17-1-6-21(7-2-17)38-22-8-4-20(5-9-22)30-28(37)29-14-18-3-10-23-19(13-18)15-32(27(23)36)24-11-12-25(34)31-26(24)35/h3-5,8-10,13,17,21,24,33H,1-2,6-7,11-12,14-16H2,(H2,29,30,37)(H,31,34,35)/t17?,21?,24-/m1/s1. The highest BCUT2D eigenvalue weighted by molar-refractivity contribution is 6.05. The topological polar surface area (TPSA) is 137 Å². The molecular weight excluding hydrogens is 488 g/mol. The van der Waals surface area contributed by atoms with Gasteiger partial charge in [-0.15, -0.1) is 0 Å². The molecule has 2 fully saturated rings. The van der Waals surface area contributed by atoms with Crippen LogP contribution in [0.15, 0.2) is 42.5 Å². The molecule has 1 saturated heterocycles. The summed E-state index contributed by atoms with van der Waals surface area (Å²) in [7, 11) is 0. The summed E-state index contributed by atoms with van der Waals surface area (Å²) in [6.45, 7) is 0.797. The van der Waals surface area contributed by atoms with E-state index < -0.39 is 11.9 Å². The smallest absolute Gasteiger partial charge is 0.319 e. The molecular formula is C28H32N4O6. The fraction of sp³-hybridized carbons (Fsp3) is 0.429. The molecule has 0 aromatic heterocycles. The largest absolute Gasteiger partial charge is 0.490 e. The minimum atomic E-state index is -0.655. The maximum absolute atomic E-state index is 12.8. The van der Waals surface area contributed by atoms with Gasteiger partial charge in [-0.1, -0.05) is 12.1 Å². The molecule has 5 amide bonds. The Morgan fingerprint density at radius 3 is 2.50 bits per heavy atom. The third-order valence-electron chi connectivity index (χ3n) is 7.51. The number of carbonyl (C=O) groups excluding carboxylic acids is 4. The molecule has 0 radical (unpaired) electrons. The van der Waals surface area contributed by atoms with Gasteiger partial charge < -0.3 is 25.4 Å². The summed E-state index contributed by atoms with van der Waals surface area (Å²) in [5, 5.41) is 17.2. The van der Waals surface area contributed by atoms with Gasteiger partial charge in [0.25, 0.3) is 5.91 Å². The number of aliphatic hydroxyl groups excluding tert-OH is 1. The summed E-state index contributed by atoms with van der Waals surface area (Å²) in [5.41, 5.74) is 2.79. The van der Waals surface area contributed by atoms with Crippen LogP contribution in [0.3, 0.4) is 0 Å². The van der Waals surface area contributed by atoms with E-state index in [0.29, 0.717) is 23.6 Å². The molecule has 0 spiro atoms. The lowest BCUT2D eigenvalue weighted by molar-refractivity contribution is -0.136. The van der Waals surface area contributed by atoms with E-state index in [1.54, 1.807) is 24.3 Å². The summed E-state index contributed by atoms with van der Waals surface area (Å²) in [6, 6.07) is 11.6. The van der Waals surface area contributed by atoms with Gasteiger partial charge in [0.1, 0.15) is 11.8 Å². The molecule has 10 heteroatoms. The molecule has 38 heavy (non-hydrogen) atoms. The van der Waals surface area contributed by atoms with Crippen molar-refractivity contribution in [3.8, 4) is 5.75 Å².